The molecule has 1 atom stereocenters. The van der Waals surface area contributed by atoms with E-state index in [1.807, 2.05) is 0 Å². The molecule has 1 aromatic carbocycles. The zero-order chi connectivity index (χ0) is 11.8. The van der Waals surface area contributed by atoms with Crippen LogP contribution >= 0.6 is 23.2 Å². The van der Waals surface area contributed by atoms with E-state index >= 15 is 0 Å². The second-order valence-corrected chi connectivity index (χ2v) is 5.66. The Bertz CT molecular complexity index is 388. The van der Waals surface area contributed by atoms with E-state index in [-0.39, 0.29) is 16.3 Å². The van der Waals surface area contributed by atoms with Gasteiger partial charge in [0.25, 0.3) is 0 Å². The predicted octanol–water partition coefficient (Wildman–Crippen LogP) is 4.68. The molecule has 2 rings (SSSR count). The SMILES string of the molecule is CC(CCl)(Cc1ccc(F)c(Cl)c1)C1CC1. The molecule has 16 heavy (non-hydrogen) atoms. The van der Waals surface area contributed by atoms with Crippen molar-refractivity contribution in [3.63, 3.8) is 0 Å². The summed E-state index contributed by atoms with van der Waals surface area (Å²) in [6, 6.07) is 4.94. The van der Waals surface area contributed by atoms with Crippen molar-refractivity contribution >= 4 is 23.2 Å². The van der Waals surface area contributed by atoms with E-state index in [2.05, 4.69) is 6.92 Å². The Morgan fingerprint density at radius 3 is 2.62 bits per heavy atom. The van der Waals surface area contributed by atoms with Crippen LogP contribution in [0.2, 0.25) is 5.02 Å². The monoisotopic (exact) mass is 260 g/mol. The van der Waals surface area contributed by atoms with Crippen LogP contribution < -0.4 is 0 Å². The molecule has 0 nitrogen and oxygen atoms in total. The van der Waals surface area contributed by atoms with Gasteiger partial charge in [0, 0.05) is 5.88 Å². The zero-order valence-electron chi connectivity index (χ0n) is 9.27. The lowest BCUT2D eigenvalue weighted by molar-refractivity contribution is 0.313. The molecule has 0 saturated heterocycles. The van der Waals surface area contributed by atoms with E-state index < -0.39 is 0 Å². The largest absolute Gasteiger partial charge is 0.205 e. The van der Waals surface area contributed by atoms with Crippen LogP contribution in [-0.2, 0) is 6.42 Å². The van der Waals surface area contributed by atoms with Crippen molar-refractivity contribution in [3.05, 3.63) is 34.6 Å². The van der Waals surface area contributed by atoms with Crippen LogP contribution in [0.4, 0.5) is 4.39 Å². The Labute approximate surface area is 106 Å². The van der Waals surface area contributed by atoms with Crippen molar-refractivity contribution in [2.24, 2.45) is 11.3 Å². The Hall–Kier alpha value is -0.270. The molecule has 1 aliphatic rings. The second kappa shape index (κ2) is 4.54. The van der Waals surface area contributed by atoms with Crippen molar-refractivity contribution in [1.82, 2.24) is 0 Å². The lowest BCUT2D eigenvalue weighted by Crippen LogP contribution is -2.24. The fourth-order valence-corrected chi connectivity index (χ4v) is 2.71. The van der Waals surface area contributed by atoms with Crippen LogP contribution in [0.1, 0.15) is 25.3 Å². The fraction of sp³-hybridized carbons (Fsp3) is 0.538. The summed E-state index contributed by atoms with van der Waals surface area (Å²) in [4.78, 5) is 0. The van der Waals surface area contributed by atoms with E-state index in [1.54, 1.807) is 12.1 Å². The van der Waals surface area contributed by atoms with Crippen LogP contribution in [0.15, 0.2) is 18.2 Å². The number of benzene rings is 1. The van der Waals surface area contributed by atoms with Gasteiger partial charge >= 0.3 is 0 Å². The number of hydrogen-bond donors (Lipinski definition) is 0. The van der Waals surface area contributed by atoms with Gasteiger partial charge in [-0.25, -0.2) is 4.39 Å². The van der Waals surface area contributed by atoms with E-state index in [1.165, 1.54) is 18.9 Å². The molecule has 1 aromatic rings. The summed E-state index contributed by atoms with van der Waals surface area (Å²) in [5, 5.41) is 0.199. The first-order valence-electron chi connectivity index (χ1n) is 5.55. The summed E-state index contributed by atoms with van der Waals surface area (Å²) in [7, 11) is 0. The number of rotatable bonds is 4. The van der Waals surface area contributed by atoms with Crippen LogP contribution in [0.5, 0.6) is 0 Å². The Balaban J connectivity index is 2.15. The molecule has 1 saturated carbocycles. The molecule has 1 aliphatic carbocycles. The highest BCUT2D eigenvalue weighted by atomic mass is 35.5. The van der Waals surface area contributed by atoms with Crippen molar-refractivity contribution < 1.29 is 4.39 Å². The van der Waals surface area contributed by atoms with Gasteiger partial charge < -0.3 is 0 Å². The third-order valence-electron chi connectivity index (χ3n) is 3.46. The van der Waals surface area contributed by atoms with Crippen LogP contribution in [0, 0.1) is 17.2 Å². The second-order valence-electron chi connectivity index (χ2n) is 4.99. The summed E-state index contributed by atoms with van der Waals surface area (Å²) in [6.45, 7) is 2.20. The van der Waals surface area contributed by atoms with Crippen LogP contribution in [0.25, 0.3) is 0 Å². The molecule has 1 fully saturated rings. The minimum Gasteiger partial charge on any atom is -0.205 e. The summed E-state index contributed by atoms with van der Waals surface area (Å²) in [5.74, 6) is 1.00. The molecule has 0 spiro atoms. The minimum absolute atomic E-state index is 0.128. The number of alkyl halides is 1. The first kappa shape index (κ1) is 12.2. The molecule has 0 amide bonds. The fourth-order valence-electron chi connectivity index (χ4n) is 2.20. The highest BCUT2D eigenvalue weighted by Crippen LogP contribution is 2.48. The molecule has 0 N–H and O–H groups in total. The molecule has 3 heteroatoms. The van der Waals surface area contributed by atoms with E-state index in [0.29, 0.717) is 11.8 Å². The summed E-state index contributed by atoms with van der Waals surface area (Å²) in [5.41, 5.74) is 1.20. The maximum absolute atomic E-state index is 13.0. The van der Waals surface area contributed by atoms with Crippen LogP contribution in [-0.4, -0.2) is 5.88 Å². The normalized spacial score (nSPS) is 19.5. The van der Waals surface area contributed by atoms with Gasteiger partial charge in [-0.15, -0.1) is 11.6 Å². The summed E-state index contributed by atoms with van der Waals surface area (Å²) >= 11 is 11.8. The van der Waals surface area contributed by atoms with Gasteiger partial charge in [0.2, 0.25) is 0 Å². The van der Waals surface area contributed by atoms with Gasteiger partial charge in [0.05, 0.1) is 5.02 Å². The molecule has 0 aromatic heterocycles. The van der Waals surface area contributed by atoms with Gasteiger partial charge in [-0.3, -0.25) is 0 Å². The molecule has 0 radical (unpaired) electrons. The van der Waals surface area contributed by atoms with Crippen molar-refractivity contribution in [2.45, 2.75) is 26.2 Å². The predicted molar refractivity (Wildman–Crippen MR) is 66.7 cm³/mol. The first-order valence-corrected chi connectivity index (χ1v) is 6.46. The van der Waals surface area contributed by atoms with Gasteiger partial charge in [0.15, 0.2) is 0 Å². The maximum atomic E-state index is 13.0. The smallest absolute Gasteiger partial charge is 0.141 e. The average molecular weight is 261 g/mol. The van der Waals surface area contributed by atoms with E-state index in [9.17, 15) is 4.39 Å². The molecule has 0 heterocycles. The standard InChI is InChI=1S/C13H15Cl2F/c1-13(8-14,10-3-4-10)7-9-2-5-12(16)11(15)6-9/h2,5-6,10H,3-4,7-8H2,1H3. The van der Waals surface area contributed by atoms with Crippen molar-refractivity contribution in [1.29, 1.82) is 0 Å². The molecular weight excluding hydrogens is 246 g/mol. The zero-order valence-corrected chi connectivity index (χ0v) is 10.8. The minimum atomic E-state index is -0.357. The maximum Gasteiger partial charge on any atom is 0.141 e. The molecule has 0 aliphatic heterocycles. The highest BCUT2D eigenvalue weighted by Gasteiger charge is 2.40. The molecular formula is C13H15Cl2F. The molecule has 0 bridgehead atoms. The average Bonchev–Trinajstić information content (AvgIpc) is 3.07. The topological polar surface area (TPSA) is 0 Å². The molecule has 1 unspecified atom stereocenters. The lowest BCUT2D eigenvalue weighted by atomic mass is 9.81. The van der Waals surface area contributed by atoms with E-state index in [4.69, 9.17) is 23.2 Å². The van der Waals surface area contributed by atoms with Crippen LogP contribution in [0.3, 0.4) is 0 Å². The van der Waals surface area contributed by atoms with Gasteiger partial charge in [0.1, 0.15) is 5.82 Å². The Kier molecular flexibility index (Phi) is 3.46. The Morgan fingerprint density at radius 1 is 1.44 bits per heavy atom. The summed E-state index contributed by atoms with van der Waals surface area (Å²) in [6.07, 6.45) is 3.40. The highest BCUT2D eigenvalue weighted by molar-refractivity contribution is 6.30. The first-order chi connectivity index (χ1) is 7.55. The van der Waals surface area contributed by atoms with Gasteiger partial charge in [-0.2, -0.15) is 0 Å². The number of hydrogen-bond acceptors (Lipinski definition) is 0. The lowest BCUT2D eigenvalue weighted by Gasteiger charge is -2.27. The van der Waals surface area contributed by atoms with Gasteiger partial charge in [-0.05, 0) is 48.3 Å². The number of halogens is 3. The van der Waals surface area contributed by atoms with E-state index in [0.717, 1.165) is 12.0 Å². The third kappa shape index (κ3) is 2.52. The van der Waals surface area contributed by atoms with Crippen molar-refractivity contribution in [3.8, 4) is 0 Å². The van der Waals surface area contributed by atoms with Crippen molar-refractivity contribution in [2.75, 3.05) is 5.88 Å². The Morgan fingerprint density at radius 2 is 2.12 bits per heavy atom. The van der Waals surface area contributed by atoms with Gasteiger partial charge in [-0.1, -0.05) is 24.6 Å². The molecule has 88 valence electrons. The summed E-state index contributed by atoms with van der Waals surface area (Å²) < 4.78 is 13.0. The quantitative estimate of drug-likeness (QED) is 0.690. The third-order valence-corrected chi connectivity index (χ3v) is 4.36.